The number of aliphatic hydroxyl groups excluding tert-OH is 1. The number of rotatable bonds is 5. The van der Waals surface area contributed by atoms with E-state index in [1.165, 1.54) is 24.3 Å². The molecule has 0 radical (unpaired) electrons. The number of aryl methyl sites for hydroxylation is 1. The monoisotopic (exact) mass is 366 g/mol. The lowest BCUT2D eigenvalue weighted by Gasteiger charge is -2.14. The molecule has 3 aromatic rings. The van der Waals surface area contributed by atoms with Crippen LogP contribution in [0.2, 0.25) is 0 Å². The van der Waals surface area contributed by atoms with E-state index >= 15 is 0 Å². The van der Waals surface area contributed by atoms with Crippen molar-refractivity contribution in [3.63, 3.8) is 0 Å². The maximum atomic E-state index is 13.0. The Hall–Kier alpha value is -2.76. The predicted octanol–water partition coefficient (Wildman–Crippen LogP) is 3.74. The Morgan fingerprint density at radius 1 is 0.846 bits per heavy atom. The van der Waals surface area contributed by atoms with Crippen LogP contribution in [-0.4, -0.2) is 19.3 Å². The molecule has 0 saturated carbocycles. The average Bonchev–Trinajstić information content (AvgIpc) is 2.68. The molecule has 4 nitrogen and oxygen atoms in total. The largest absolute Gasteiger partial charge is 0.380 e. The van der Waals surface area contributed by atoms with Gasteiger partial charge >= 0.3 is 0 Å². The first kappa shape index (κ1) is 18.0. The second-order valence-corrected chi connectivity index (χ2v) is 7.91. The number of carbonyl (C=O) groups excluding carboxylic acids is 1. The van der Waals surface area contributed by atoms with Crippen molar-refractivity contribution in [3.8, 4) is 0 Å². The topological polar surface area (TPSA) is 71.4 Å². The highest BCUT2D eigenvalue weighted by Gasteiger charge is 2.28. The molecule has 132 valence electrons. The molecule has 0 amide bonds. The fraction of sp³-hybridized carbons (Fsp3) is 0.0952. The third-order valence-corrected chi connectivity index (χ3v) is 5.96. The van der Waals surface area contributed by atoms with E-state index in [9.17, 15) is 18.3 Å². The van der Waals surface area contributed by atoms with E-state index in [0.717, 1.165) is 5.56 Å². The first-order valence-corrected chi connectivity index (χ1v) is 9.57. The van der Waals surface area contributed by atoms with Gasteiger partial charge in [-0.2, -0.15) is 0 Å². The van der Waals surface area contributed by atoms with Crippen molar-refractivity contribution in [2.45, 2.75) is 22.8 Å². The number of benzene rings is 3. The highest BCUT2D eigenvalue weighted by atomic mass is 32.2. The van der Waals surface area contributed by atoms with Crippen LogP contribution < -0.4 is 0 Å². The fourth-order valence-electron chi connectivity index (χ4n) is 2.68. The Morgan fingerprint density at radius 2 is 1.42 bits per heavy atom. The summed E-state index contributed by atoms with van der Waals surface area (Å²) < 4.78 is 26.0. The van der Waals surface area contributed by atoms with Gasteiger partial charge in [0.2, 0.25) is 9.84 Å². The normalized spacial score (nSPS) is 12.5. The van der Waals surface area contributed by atoms with Crippen molar-refractivity contribution in [3.05, 3.63) is 95.6 Å². The highest BCUT2D eigenvalue weighted by Crippen LogP contribution is 2.28. The van der Waals surface area contributed by atoms with E-state index in [4.69, 9.17) is 0 Å². The van der Waals surface area contributed by atoms with E-state index in [0.29, 0.717) is 5.56 Å². The SMILES string of the molecule is Cc1ccc(S(=O)(=O)c2ccccc2C(=O)C(O)c2ccccc2)cc1. The number of ketones is 1. The molecule has 0 heterocycles. The lowest BCUT2D eigenvalue weighted by atomic mass is 10.00. The highest BCUT2D eigenvalue weighted by molar-refractivity contribution is 7.91. The van der Waals surface area contributed by atoms with Crippen LogP contribution in [-0.2, 0) is 9.84 Å². The first-order valence-electron chi connectivity index (χ1n) is 8.09. The Labute approximate surface area is 152 Å². The molecule has 5 heteroatoms. The summed E-state index contributed by atoms with van der Waals surface area (Å²) in [7, 11) is -3.88. The Morgan fingerprint density at radius 3 is 2.08 bits per heavy atom. The number of sulfone groups is 1. The van der Waals surface area contributed by atoms with E-state index in [2.05, 4.69) is 0 Å². The zero-order valence-corrected chi connectivity index (χ0v) is 15.0. The predicted molar refractivity (Wildman–Crippen MR) is 98.8 cm³/mol. The Kier molecular flexibility index (Phi) is 5.02. The van der Waals surface area contributed by atoms with Gasteiger partial charge in [-0.05, 0) is 36.8 Å². The lowest BCUT2D eigenvalue weighted by molar-refractivity contribution is 0.0744. The molecule has 1 N–H and O–H groups in total. The zero-order valence-electron chi connectivity index (χ0n) is 14.2. The summed E-state index contributed by atoms with van der Waals surface area (Å²) in [5.74, 6) is -0.650. The summed E-state index contributed by atoms with van der Waals surface area (Å²) in [5, 5.41) is 10.4. The molecule has 0 aliphatic heterocycles. The third-order valence-electron chi connectivity index (χ3n) is 4.14. The molecule has 0 fully saturated rings. The average molecular weight is 366 g/mol. The van der Waals surface area contributed by atoms with Crippen molar-refractivity contribution >= 4 is 15.6 Å². The zero-order chi connectivity index (χ0) is 18.7. The molecular formula is C21H18O4S. The fourth-order valence-corrected chi connectivity index (χ4v) is 4.15. The van der Waals surface area contributed by atoms with Crippen LogP contribution in [0.3, 0.4) is 0 Å². The van der Waals surface area contributed by atoms with Crippen molar-refractivity contribution in [2.75, 3.05) is 0 Å². The van der Waals surface area contributed by atoms with Gasteiger partial charge in [0.05, 0.1) is 9.79 Å². The van der Waals surface area contributed by atoms with Crippen LogP contribution in [0.25, 0.3) is 0 Å². The number of Topliss-reactive ketones (excluding diaryl/α,β-unsaturated/α-hetero) is 1. The summed E-state index contributed by atoms with van der Waals surface area (Å²) in [6.45, 7) is 1.87. The molecule has 0 saturated heterocycles. The van der Waals surface area contributed by atoms with Gasteiger partial charge in [-0.1, -0.05) is 60.2 Å². The Balaban J connectivity index is 2.06. The maximum Gasteiger partial charge on any atom is 0.207 e. The number of hydrogen-bond acceptors (Lipinski definition) is 4. The molecule has 0 aliphatic rings. The summed E-state index contributed by atoms with van der Waals surface area (Å²) in [5.41, 5.74) is 1.33. The molecule has 0 aromatic heterocycles. The minimum Gasteiger partial charge on any atom is -0.380 e. The molecule has 26 heavy (non-hydrogen) atoms. The van der Waals surface area contributed by atoms with Gasteiger partial charge in [-0.25, -0.2) is 8.42 Å². The van der Waals surface area contributed by atoms with Crippen LogP contribution >= 0.6 is 0 Å². The molecule has 0 aliphatic carbocycles. The summed E-state index contributed by atoms with van der Waals surface area (Å²) in [6.07, 6.45) is -1.43. The van der Waals surface area contributed by atoms with Gasteiger partial charge in [0.1, 0.15) is 6.10 Å². The molecule has 1 unspecified atom stereocenters. The molecular weight excluding hydrogens is 348 g/mol. The first-order chi connectivity index (χ1) is 12.4. The lowest BCUT2D eigenvalue weighted by Crippen LogP contribution is -2.16. The molecule has 3 aromatic carbocycles. The van der Waals surface area contributed by atoms with Crippen molar-refractivity contribution in [1.82, 2.24) is 0 Å². The summed E-state index contributed by atoms with van der Waals surface area (Å²) in [4.78, 5) is 12.8. The van der Waals surface area contributed by atoms with Gasteiger partial charge < -0.3 is 5.11 Å². The Bertz CT molecular complexity index is 1020. The smallest absolute Gasteiger partial charge is 0.207 e. The molecule has 0 spiro atoms. The maximum absolute atomic E-state index is 13.0. The van der Waals surface area contributed by atoms with Gasteiger partial charge in [-0.15, -0.1) is 0 Å². The van der Waals surface area contributed by atoms with Crippen LogP contribution in [0.5, 0.6) is 0 Å². The van der Waals surface area contributed by atoms with Crippen LogP contribution in [0.15, 0.2) is 88.7 Å². The third kappa shape index (κ3) is 3.45. The van der Waals surface area contributed by atoms with E-state index in [1.807, 2.05) is 6.92 Å². The second-order valence-electron chi connectivity index (χ2n) is 5.99. The van der Waals surface area contributed by atoms with Gasteiger partial charge in [0, 0.05) is 5.56 Å². The molecule has 1 atom stereocenters. The molecule has 0 bridgehead atoms. The number of aliphatic hydroxyl groups is 1. The van der Waals surface area contributed by atoms with Crippen LogP contribution in [0.4, 0.5) is 0 Å². The van der Waals surface area contributed by atoms with E-state index < -0.39 is 21.7 Å². The van der Waals surface area contributed by atoms with Crippen LogP contribution in [0, 0.1) is 6.92 Å². The number of carbonyl (C=O) groups is 1. The number of hydrogen-bond donors (Lipinski definition) is 1. The van der Waals surface area contributed by atoms with Gasteiger partial charge in [0.15, 0.2) is 5.78 Å². The van der Waals surface area contributed by atoms with E-state index in [-0.39, 0.29) is 15.4 Å². The van der Waals surface area contributed by atoms with Crippen molar-refractivity contribution < 1.29 is 18.3 Å². The van der Waals surface area contributed by atoms with E-state index in [1.54, 1.807) is 54.6 Å². The molecule has 3 rings (SSSR count). The standard InChI is InChI=1S/C21H18O4S/c1-15-11-13-17(14-12-15)26(24,25)19-10-6-5-9-18(19)21(23)20(22)16-7-3-2-4-8-16/h2-14,20,22H,1H3. The van der Waals surface area contributed by atoms with Gasteiger partial charge in [-0.3, -0.25) is 4.79 Å². The summed E-state index contributed by atoms with van der Waals surface area (Å²) in [6, 6.07) is 20.8. The van der Waals surface area contributed by atoms with Crippen molar-refractivity contribution in [2.24, 2.45) is 0 Å². The second kappa shape index (κ2) is 7.23. The van der Waals surface area contributed by atoms with Gasteiger partial charge in [0.25, 0.3) is 0 Å². The van der Waals surface area contributed by atoms with Crippen molar-refractivity contribution in [1.29, 1.82) is 0 Å². The van der Waals surface area contributed by atoms with Crippen LogP contribution in [0.1, 0.15) is 27.6 Å². The summed E-state index contributed by atoms with van der Waals surface area (Å²) >= 11 is 0. The minimum atomic E-state index is -3.88. The minimum absolute atomic E-state index is 0.0237. The quantitative estimate of drug-likeness (QED) is 0.698.